The minimum atomic E-state index is -0.264. The van der Waals surface area contributed by atoms with Crippen LogP contribution in [0.15, 0.2) is 22.7 Å². The molecule has 0 fully saturated rings. The van der Waals surface area contributed by atoms with Crippen LogP contribution in [0.5, 0.6) is 5.75 Å². The van der Waals surface area contributed by atoms with Gasteiger partial charge in [-0.1, -0.05) is 6.92 Å². The van der Waals surface area contributed by atoms with Gasteiger partial charge in [-0.15, -0.1) is 0 Å². The maximum absolute atomic E-state index is 12.8. The van der Waals surface area contributed by atoms with Crippen LogP contribution in [-0.4, -0.2) is 18.1 Å². The molecule has 1 aromatic rings. The van der Waals surface area contributed by atoms with Crippen molar-refractivity contribution in [2.24, 2.45) is 0 Å². The third kappa shape index (κ3) is 3.88. The molecule has 1 rings (SSSR count). The SMILES string of the molecule is CCSCCOc1ccc(F)c(Br)c1. The first kappa shape index (κ1) is 11.9. The molecule has 14 heavy (non-hydrogen) atoms. The van der Waals surface area contributed by atoms with Gasteiger partial charge in [0.15, 0.2) is 0 Å². The Bertz CT molecular complexity index is 293. The number of ether oxygens (including phenoxy) is 1. The van der Waals surface area contributed by atoms with Crippen molar-refractivity contribution in [1.29, 1.82) is 0 Å². The van der Waals surface area contributed by atoms with E-state index in [1.54, 1.807) is 12.1 Å². The molecule has 0 aliphatic heterocycles. The van der Waals surface area contributed by atoms with Gasteiger partial charge in [0.25, 0.3) is 0 Å². The van der Waals surface area contributed by atoms with Crippen LogP contribution in [-0.2, 0) is 0 Å². The highest BCUT2D eigenvalue weighted by atomic mass is 79.9. The van der Waals surface area contributed by atoms with Gasteiger partial charge in [-0.25, -0.2) is 4.39 Å². The molecule has 78 valence electrons. The Morgan fingerprint density at radius 1 is 1.50 bits per heavy atom. The molecule has 0 aliphatic rings. The summed E-state index contributed by atoms with van der Waals surface area (Å²) in [6.45, 7) is 2.77. The maximum atomic E-state index is 12.8. The minimum Gasteiger partial charge on any atom is -0.493 e. The second kappa shape index (κ2) is 6.30. The van der Waals surface area contributed by atoms with Crippen LogP contribution < -0.4 is 4.74 Å². The highest BCUT2D eigenvalue weighted by Crippen LogP contribution is 2.21. The van der Waals surface area contributed by atoms with Crippen LogP contribution in [0.25, 0.3) is 0 Å². The lowest BCUT2D eigenvalue weighted by Crippen LogP contribution is -2.00. The first-order chi connectivity index (χ1) is 6.74. The smallest absolute Gasteiger partial charge is 0.137 e. The molecule has 4 heteroatoms. The second-order valence-corrected chi connectivity index (χ2v) is 4.87. The van der Waals surface area contributed by atoms with Crippen molar-refractivity contribution < 1.29 is 9.13 Å². The van der Waals surface area contributed by atoms with E-state index < -0.39 is 0 Å². The largest absolute Gasteiger partial charge is 0.493 e. The normalized spacial score (nSPS) is 10.2. The van der Waals surface area contributed by atoms with Crippen molar-refractivity contribution in [3.63, 3.8) is 0 Å². The zero-order chi connectivity index (χ0) is 10.4. The van der Waals surface area contributed by atoms with Crippen LogP contribution in [0, 0.1) is 5.82 Å². The highest BCUT2D eigenvalue weighted by molar-refractivity contribution is 9.10. The Labute approximate surface area is 96.2 Å². The fourth-order valence-corrected chi connectivity index (χ4v) is 1.78. The summed E-state index contributed by atoms with van der Waals surface area (Å²) < 4.78 is 18.7. The third-order valence-electron chi connectivity index (χ3n) is 1.59. The predicted molar refractivity (Wildman–Crippen MR) is 62.6 cm³/mol. The van der Waals surface area contributed by atoms with Crippen molar-refractivity contribution in [2.75, 3.05) is 18.1 Å². The highest BCUT2D eigenvalue weighted by Gasteiger charge is 2.00. The van der Waals surface area contributed by atoms with Crippen LogP contribution in [0.1, 0.15) is 6.92 Å². The quantitative estimate of drug-likeness (QED) is 0.760. The molecular formula is C10H12BrFOS. The van der Waals surface area contributed by atoms with E-state index in [0.29, 0.717) is 16.8 Å². The van der Waals surface area contributed by atoms with Crippen molar-refractivity contribution in [3.05, 3.63) is 28.5 Å². The molecule has 0 atom stereocenters. The van der Waals surface area contributed by atoms with Gasteiger partial charge in [0.2, 0.25) is 0 Å². The molecule has 0 radical (unpaired) electrons. The molecule has 0 bridgehead atoms. The van der Waals surface area contributed by atoms with Crippen LogP contribution >= 0.6 is 27.7 Å². The van der Waals surface area contributed by atoms with Crippen molar-refractivity contribution >= 4 is 27.7 Å². The molecule has 0 saturated carbocycles. The number of rotatable bonds is 5. The van der Waals surface area contributed by atoms with Gasteiger partial charge in [0.1, 0.15) is 11.6 Å². The second-order valence-electron chi connectivity index (χ2n) is 2.62. The number of benzene rings is 1. The van der Waals surface area contributed by atoms with Gasteiger partial charge in [0.05, 0.1) is 11.1 Å². The van der Waals surface area contributed by atoms with Gasteiger partial charge < -0.3 is 4.74 Å². The van der Waals surface area contributed by atoms with E-state index in [9.17, 15) is 4.39 Å². The van der Waals surface area contributed by atoms with Crippen molar-refractivity contribution in [2.45, 2.75) is 6.92 Å². The number of hydrogen-bond acceptors (Lipinski definition) is 2. The van der Waals surface area contributed by atoms with Gasteiger partial charge >= 0.3 is 0 Å². The summed E-state index contributed by atoms with van der Waals surface area (Å²) >= 11 is 4.93. The summed E-state index contributed by atoms with van der Waals surface area (Å²) in [6.07, 6.45) is 0. The monoisotopic (exact) mass is 278 g/mol. The zero-order valence-electron chi connectivity index (χ0n) is 7.93. The van der Waals surface area contributed by atoms with E-state index in [4.69, 9.17) is 4.74 Å². The van der Waals surface area contributed by atoms with Crippen LogP contribution in [0.3, 0.4) is 0 Å². The molecule has 0 heterocycles. The molecule has 1 aromatic carbocycles. The molecule has 0 unspecified atom stereocenters. The topological polar surface area (TPSA) is 9.23 Å². The maximum Gasteiger partial charge on any atom is 0.137 e. The van der Waals surface area contributed by atoms with Crippen molar-refractivity contribution in [3.8, 4) is 5.75 Å². The van der Waals surface area contributed by atoms with Gasteiger partial charge in [-0.05, 0) is 39.9 Å². The molecule has 0 N–H and O–H groups in total. The van der Waals surface area contributed by atoms with E-state index in [1.807, 2.05) is 11.8 Å². The van der Waals surface area contributed by atoms with E-state index in [2.05, 4.69) is 22.9 Å². The molecular weight excluding hydrogens is 267 g/mol. The summed E-state index contributed by atoms with van der Waals surface area (Å²) in [7, 11) is 0. The Balaban J connectivity index is 2.39. The first-order valence-corrected chi connectivity index (χ1v) is 6.34. The number of hydrogen-bond donors (Lipinski definition) is 0. The van der Waals surface area contributed by atoms with Crippen LogP contribution in [0.4, 0.5) is 4.39 Å². The lowest BCUT2D eigenvalue weighted by molar-refractivity contribution is 0.343. The lowest BCUT2D eigenvalue weighted by atomic mass is 10.3. The molecule has 1 nitrogen and oxygen atoms in total. The van der Waals surface area contributed by atoms with Gasteiger partial charge in [-0.2, -0.15) is 11.8 Å². The predicted octanol–water partition coefficient (Wildman–Crippen LogP) is 3.72. The molecule has 0 amide bonds. The molecule has 0 aromatic heterocycles. The average molecular weight is 279 g/mol. The summed E-state index contributed by atoms with van der Waals surface area (Å²) in [5.74, 6) is 2.50. The summed E-state index contributed by atoms with van der Waals surface area (Å²) in [5, 5.41) is 0. The minimum absolute atomic E-state index is 0.264. The lowest BCUT2D eigenvalue weighted by Gasteiger charge is -2.05. The first-order valence-electron chi connectivity index (χ1n) is 4.39. The van der Waals surface area contributed by atoms with Crippen molar-refractivity contribution in [1.82, 2.24) is 0 Å². The molecule has 0 spiro atoms. The summed E-state index contributed by atoms with van der Waals surface area (Å²) in [4.78, 5) is 0. The number of thioether (sulfide) groups is 1. The Kier molecular flexibility index (Phi) is 5.33. The van der Waals surface area contributed by atoms with E-state index in [1.165, 1.54) is 6.07 Å². The van der Waals surface area contributed by atoms with E-state index in [-0.39, 0.29) is 5.82 Å². The van der Waals surface area contributed by atoms with E-state index >= 15 is 0 Å². The Morgan fingerprint density at radius 2 is 2.29 bits per heavy atom. The number of halogens is 2. The zero-order valence-corrected chi connectivity index (χ0v) is 10.3. The Hall–Kier alpha value is -0.220. The van der Waals surface area contributed by atoms with Gasteiger partial charge in [-0.3, -0.25) is 0 Å². The van der Waals surface area contributed by atoms with Crippen LogP contribution in [0.2, 0.25) is 0 Å². The summed E-state index contributed by atoms with van der Waals surface area (Å²) in [5.41, 5.74) is 0. The average Bonchev–Trinajstić information content (AvgIpc) is 2.18. The fourth-order valence-electron chi connectivity index (χ4n) is 0.929. The van der Waals surface area contributed by atoms with E-state index in [0.717, 1.165) is 11.5 Å². The standard InChI is InChI=1S/C10H12BrFOS/c1-2-14-6-5-13-8-3-4-10(12)9(11)7-8/h3-4,7H,2,5-6H2,1H3. The molecule has 0 saturated heterocycles. The summed E-state index contributed by atoms with van der Waals surface area (Å²) in [6, 6.07) is 4.68. The third-order valence-corrected chi connectivity index (χ3v) is 3.06. The molecule has 0 aliphatic carbocycles. The van der Waals surface area contributed by atoms with Gasteiger partial charge in [0, 0.05) is 5.75 Å². The Morgan fingerprint density at radius 3 is 2.93 bits per heavy atom. The fraction of sp³-hybridized carbons (Fsp3) is 0.400.